The highest BCUT2D eigenvalue weighted by Crippen LogP contribution is 2.28. The van der Waals surface area contributed by atoms with Crippen molar-refractivity contribution in [3.63, 3.8) is 0 Å². The van der Waals surface area contributed by atoms with Crippen molar-refractivity contribution in [3.05, 3.63) is 12.2 Å². The molecule has 0 bridgehead atoms. The Morgan fingerprint density at radius 2 is 2.46 bits per heavy atom. The molecular formula is C8H10N4O. The smallest absolute Gasteiger partial charge is 0.252 e. The number of nitriles is 1. The van der Waals surface area contributed by atoms with Gasteiger partial charge in [0, 0.05) is 0 Å². The third kappa shape index (κ3) is 1.40. The predicted octanol–water partition coefficient (Wildman–Crippen LogP) is 0.236. The molecule has 68 valence electrons. The molecule has 1 aromatic rings. The van der Waals surface area contributed by atoms with Crippen molar-refractivity contribution in [2.75, 3.05) is 0 Å². The molecule has 0 radical (unpaired) electrons. The van der Waals surface area contributed by atoms with Crippen molar-refractivity contribution in [2.24, 2.45) is 0 Å². The fraction of sp³-hybridized carbons (Fsp3) is 0.625. The van der Waals surface area contributed by atoms with E-state index < -0.39 is 0 Å². The van der Waals surface area contributed by atoms with Crippen LogP contribution in [0.5, 0.6) is 0 Å². The zero-order valence-electron chi connectivity index (χ0n) is 7.09. The van der Waals surface area contributed by atoms with Crippen LogP contribution >= 0.6 is 0 Å². The zero-order chi connectivity index (χ0) is 9.26. The van der Waals surface area contributed by atoms with Crippen LogP contribution in [0.3, 0.4) is 0 Å². The number of rotatable bonds is 1. The Balaban J connectivity index is 2.21. The third-order valence-corrected chi connectivity index (χ3v) is 2.39. The van der Waals surface area contributed by atoms with Crippen molar-refractivity contribution in [1.29, 1.82) is 5.26 Å². The molecule has 0 spiro atoms. The normalized spacial score (nSPS) is 27.4. The number of nitrogens with zero attached hydrogens (tertiary/aromatic N) is 4. The topological polar surface area (TPSA) is 74.7 Å². The van der Waals surface area contributed by atoms with Crippen molar-refractivity contribution >= 4 is 0 Å². The lowest BCUT2D eigenvalue weighted by molar-refractivity contribution is 0.130. The summed E-state index contributed by atoms with van der Waals surface area (Å²) in [5, 5.41) is 22.0. The zero-order valence-corrected chi connectivity index (χ0v) is 7.09. The molecule has 1 aliphatic carbocycles. The summed E-state index contributed by atoms with van der Waals surface area (Å²) in [5.41, 5.74) is 0. The second kappa shape index (κ2) is 3.15. The predicted molar refractivity (Wildman–Crippen MR) is 43.6 cm³/mol. The molecule has 0 amide bonds. The van der Waals surface area contributed by atoms with Gasteiger partial charge in [-0.3, -0.25) is 0 Å². The highest BCUT2D eigenvalue weighted by Gasteiger charge is 2.27. The molecule has 0 aromatic carbocycles. The fourth-order valence-corrected chi connectivity index (χ4v) is 1.72. The van der Waals surface area contributed by atoms with Crippen LogP contribution in [0, 0.1) is 11.3 Å². The first-order chi connectivity index (χ1) is 6.31. The van der Waals surface area contributed by atoms with E-state index in [9.17, 15) is 5.11 Å². The number of aliphatic hydroxyl groups excluding tert-OH is 1. The minimum Gasteiger partial charge on any atom is -0.391 e. The molecule has 1 aromatic heterocycles. The quantitative estimate of drug-likeness (QED) is 0.668. The largest absolute Gasteiger partial charge is 0.391 e. The van der Waals surface area contributed by atoms with E-state index >= 15 is 0 Å². The third-order valence-electron chi connectivity index (χ3n) is 2.39. The number of aliphatic hydroxyl groups is 1. The Morgan fingerprint density at radius 3 is 3.00 bits per heavy atom. The van der Waals surface area contributed by atoms with E-state index in [1.54, 1.807) is 4.68 Å². The van der Waals surface area contributed by atoms with Crippen LogP contribution in [-0.4, -0.2) is 26.0 Å². The van der Waals surface area contributed by atoms with E-state index in [1.807, 2.05) is 6.07 Å². The minimum atomic E-state index is -0.340. The average Bonchev–Trinajstić information content (AvgIpc) is 2.71. The van der Waals surface area contributed by atoms with Gasteiger partial charge in [-0.25, -0.2) is 9.67 Å². The molecule has 13 heavy (non-hydrogen) atoms. The summed E-state index contributed by atoms with van der Waals surface area (Å²) >= 11 is 0. The number of hydrogen-bond acceptors (Lipinski definition) is 4. The second-order valence-electron chi connectivity index (χ2n) is 3.23. The molecule has 1 N–H and O–H groups in total. The van der Waals surface area contributed by atoms with Gasteiger partial charge in [0.15, 0.2) is 0 Å². The SMILES string of the molecule is N#Cc1ncn([C@H]2CCC[C@@H]2O)n1. The van der Waals surface area contributed by atoms with Crippen LogP contribution in [0.25, 0.3) is 0 Å². The Labute approximate surface area is 75.6 Å². The molecule has 0 unspecified atom stereocenters. The molecule has 1 aliphatic rings. The van der Waals surface area contributed by atoms with Crippen molar-refractivity contribution in [3.8, 4) is 6.07 Å². The Morgan fingerprint density at radius 1 is 1.62 bits per heavy atom. The van der Waals surface area contributed by atoms with Crippen LogP contribution in [0.1, 0.15) is 31.1 Å². The lowest BCUT2D eigenvalue weighted by atomic mass is 10.2. The van der Waals surface area contributed by atoms with E-state index in [1.165, 1.54) is 6.33 Å². The molecule has 0 aliphatic heterocycles. The molecule has 5 nitrogen and oxygen atoms in total. The van der Waals surface area contributed by atoms with Gasteiger partial charge in [-0.05, 0) is 19.3 Å². The first kappa shape index (κ1) is 8.20. The van der Waals surface area contributed by atoms with Crippen LogP contribution in [0.2, 0.25) is 0 Å². The van der Waals surface area contributed by atoms with Crippen LogP contribution in [-0.2, 0) is 0 Å². The molecule has 2 atom stereocenters. The molecule has 5 heteroatoms. The minimum absolute atomic E-state index is 0.00889. The first-order valence-electron chi connectivity index (χ1n) is 4.30. The summed E-state index contributed by atoms with van der Waals surface area (Å²) in [6, 6.07) is 1.87. The lowest BCUT2D eigenvalue weighted by Gasteiger charge is -2.13. The molecule has 0 saturated heterocycles. The molecule has 1 saturated carbocycles. The first-order valence-corrected chi connectivity index (χ1v) is 4.30. The summed E-state index contributed by atoms with van der Waals surface area (Å²) in [4.78, 5) is 3.79. The maximum Gasteiger partial charge on any atom is 0.252 e. The summed E-state index contributed by atoms with van der Waals surface area (Å²) in [5.74, 6) is 0.166. The van der Waals surface area contributed by atoms with Gasteiger partial charge in [-0.2, -0.15) is 5.26 Å². The van der Waals surface area contributed by atoms with E-state index in [4.69, 9.17) is 5.26 Å². The van der Waals surface area contributed by atoms with Crippen molar-refractivity contribution in [2.45, 2.75) is 31.4 Å². The van der Waals surface area contributed by atoms with Gasteiger partial charge in [0.1, 0.15) is 12.4 Å². The summed E-state index contributed by atoms with van der Waals surface area (Å²) in [7, 11) is 0. The Hall–Kier alpha value is -1.41. The molecule has 1 heterocycles. The van der Waals surface area contributed by atoms with E-state index in [0.29, 0.717) is 0 Å². The van der Waals surface area contributed by atoms with E-state index in [2.05, 4.69) is 10.1 Å². The Bertz CT molecular complexity index is 340. The molecular weight excluding hydrogens is 168 g/mol. The van der Waals surface area contributed by atoms with Crippen LogP contribution in [0.15, 0.2) is 6.33 Å². The molecule has 1 fully saturated rings. The van der Waals surface area contributed by atoms with Crippen LogP contribution < -0.4 is 0 Å². The Kier molecular flexibility index (Phi) is 1.99. The van der Waals surface area contributed by atoms with Crippen LogP contribution in [0.4, 0.5) is 0 Å². The highest BCUT2D eigenvalue weighted by atomic mass is 16.3. The van der Waals surface area contributed by atoms with Crippen molar-refractivity contribution in [1.82, 2.24) is 14.8 Å². The van der Waals surface area contributed by atoms with Gasteiger partial charge in [-0.15, -0.1) is 5.10 Å². The van der Waals surface area contributed by atoms with E-state index in [0.717, 1.165) is 19.3 Å². The maximum absolute atomic E-state index is 9.55. The van der Waals surface area contributed by atoms with Gasteiger partial charge in [0.2, 0.25) is 0 Å². The average molecular weight is 178 g/mol. The van der Waals surface area contributed by atoms with Gasteiger partial charge < -0.3 is 5.11 Å². The summed E-state index contributed by atoms with van der Waals surface area (Å²) in [6.45, 7) is 0. The number of hydrogen-bond donors (Lipinski definition) is 1. The lowest BCUT2D eigenvalue weighted by Crippen LogP contribution is -2.18. The van der Waals surface area contributed by atoms with Gasteiger partial charge >= 0.3 is 0 Å². The standard InChI is InChI=1S/C8H10N4O/c9-4-8-10-5-12(11-8)6-2-1-3-7(6)13/h5-7,13H,1-3H2/t6-,7-/m0/s1. The van der Waals surface area contributed by atoms with E-state index in [-0.39, 0.29) is 18.0 Å². The molecule has 2 rings (SSSR count). The monoisotopic (exact) mass is 178 g/mol. The van der Waals surface area contributed by atoms with Gasteiger partial charge in [0.05, 0.1) is 12.1 Å². The van der Waals surface area contributed by atoms with Gasteiger partial charge in [0.25, 0.3) is 5.82 Å². The second-order valence-corrected chi connectivity index (χ2v) is 3.23. The number of aromatic nitrogens is 3. The summed E-state index contributed by atoms with van der Waals surface area (Å²) in [6.07, 6.45) is 3.90. The maximum atomic E-state index is 9.55. The highest BCUT2D eigenvalue weighted by molar-refractivity contribution is 5.06. The van der Waals surface area contributed by atoms with Crippen molar-refractivity contribution < 1.29 is 5.11 Å². The fourth-order valence-electron chi connectivity index (χ4n) is 1.72. The van der Waals surface area contributed by atoms with Gasteiger partial charge in [-0.1, -0.05) is 0 Å². The summed E-state index contributed by atoms with van der Waals surface area (Å²) < 4.78 is 1.59.